The smallest absolute Gasteiger partial charge is 0.230 e. The van der Waals surface area contributed by atoms with Crippen LogP contribution in [0.3, 0.4) is 0 Å². The number of rotatable bonds is 5. The molecule has 0 fully saturated rings. The van der Waals surface area contributed by atoms with Gasteiger partial charge in [-0.2, -0.15) is 0 Å². The molecule has 112 valence electrons. The minimum Gasteiger partial charge on any atom is -0.349 e. The van der Waals surface area contributed by atoms with E-state index in [2.05, 4.69) is 15.5 Å². The van der Waals surface area contributed by atoms with E-state index >= 15 is 0 Å². The molecule has 7 heteroatoms. The van der Waals surface area contributed by atoms with Gasteiger partial charge in [-0.3, -0.25) is 4.79 Å². The van der Waals surface area contributed by atoms with Gasteiger partial charge in [-0.25, -0.2) is 0 Å². The Morgan fingerprint density at radius 2 is 2.14 bits per heavy atom. The first-order valence-corrected chi connectivity index (χ1v) is 7.88. The molecule has 2 aromatic rings. The van der Waals surface area contributed by atoms with E-state index in [0.717, 1.165) is 16.5 Å². The van der Waals surface area contributed by atoms with Crippen LogP contribution in [-0.4, -0.2) is 26.4 Å². The number of hydrogen-bond acceptors (Lipinski definition) is 4. The molecule has 5 nitrogen and oxygen atoms in total. The van der Waals surface area contributed by atoms with Gasteiger partial charge in [0.25, 0.3) is 0 Å². The van der Waals surface area contributed by atoms with Gasteiger partial charge in [0.15, 0.2) is 5.16 Å². The van der Waals surface area contributed by atoms with Crippen LogP contribution in [0.25, 0.3) is 0 Å². The number of amides is 1. The fourth-order valence-electron chi connectivity index (χ4n) is 1.83. The SMILES string of the molecule is Cc1nnc(SCC(=O)N[C@@H](C)c2ccccc2Cl)n1C. The summed E-state index contributed by atoms with van der Waals surface area (Å²) in [6.45, 7) is 3.78. The van der Waals surface area contributed by atoms with Crippen molar-refractivity contribution in [1.29, 1.82) is 0 Å². The first kappa shape index (κ1) is 15.9. The fourth-order valence-corrected chi connectivity index (χ4v) is 2.90. The van der Waals surface area contributed by atoms with E-state index < -0.39 is 0 Å². The van der Waals surface area contributed by atoms with E-state index in [0.29, 0.717) is 10.8 Å². The average molecular weight is 325 g/mol. The lowest BCUT2D eigenvalue weighted by molar-refractivity contribution is -0.119. The van der Waals surface area contributed by atoms with E-state index in [1.165, 1.54) is 11.8 Å². The highest BCUT2D eigenvalue weighted by Crippen LogP contribution is 2.22. The maximum absolute atomic E-state index is 12.0. The average Bonchev–Trinajstić information content (AvgIpc) is 2.77. The van der Waals surface area contributed by atoms with Crippen LogP contribution in [0.15, 0.2) is 29.4 Å². The van der Waals surface area contributed by atoms with Crippen LogP contribution >= 0.6 is 23.4 Å². The molecule has 0 aliphatic carbocycles. The van der Waals surface area contributed by atoms with Crippen molar-refractivity contribution in [3.63, 3.8) is 0 Å². The molecule has 0 saturated carbocycles. The zero-order valence-corrected chi connectivity index (χ0v) is 13.7. The molecule has 0 radical (unpaired) electrons. The van der Waals surface area contributed by atoms with Crippen molar-refractivity contribution in [3.05, 3.63) is 40.7 Å². The van der Waals surface area contributed by atoms with E-state index in [4.69, 9.17) is 11.6 Å². The minimum absolute atomic E-state index is 0.0620. The van der Waals surface area contributed by atoms with E-state index in [1.807, 2.05) is 49.7 Å². The predicted octanol–water partition coefficient (Wildman–Crippen LogP) is 2.75. The lowest BCUT2D eigenvalue weighted by Gasteiger charge is -2.15. The van der Waals surface area contributed by atoms with Crippen molar-refractivity contribution in [3.8, 4) is 0 Å². The molecule has 1 atom stereocenters. The summed E-state index contributed by atoms with van der Waals surface area (Å²) in [7, 11) is 1.88. The largest absolute Gasteiger partial charge is 0.349 e. The number of nitrogens with zero attached hydrogens (tertiary/aromatic N) is 3. The third-order valence-electron chi connectivity index (χ3n) is 3.13. The van der Waals surface area contributed by atoms with Gasteiger partial charge in [-0.1, -0.05) is 41.6 Å². The number of hydrogen-bond donors (Lipinski definition) is 1. The van der Waals surface area contributed by atoms with Gasteiger partial charge >= 0.3 is 0 Å². The monoisotopic (exact) mass is 324 g/mol. The standard InChI is InChI=1S/C14H17ClN4OS/c1-9(11-6-4-5-7-12(11)15)16-13(20)8-21-14-18-17-10(2)19(14)3/h4-7,9H,8H2,1-3H3,(H,16,20)/t9-/m0/s1. The van der Waals surface area contributed by atoms with Gasteiger partial charge in [-0.05, 0) is 25.5 Å². The number of halogens is 1. The lowest BCUT2D eigenvalue weighted by Crippen LogP contribution is -2.28. The van der Waals surface area contributed by atoms with Crippen molar-refractivity contribution in [1.82, 2.24) is 20.1 Å². The molecule has 21 heavy (non-hydrogen) atoms. The lowest BCUT2D eigenvalue weighted by atomic mass is 10.1. The van der Waals surface area contributed by atoms with Gasteiger partial charge in [0.05, 0.1) is 11.8 Å². The molecule has 1 N–H and O–H groups in total. The van der Waals surface area contributed by atoms with E-state index in [1.54, 1.807) is 0 Å². The third-order valence-corrected chi connectivity index (χ3v) is 4.50. The number of thioether (sulfide) groups is 1. The molecular formula is C14H17ClN4OS. The van der Waals surface area contributed by atoms with Crippen molar-refractivity contribution in [2.45, 2.75) is 25.0 Å². The van der Waals surface area contributed by atoms with Crippen molar-refractivity contribution in [2.75, 3.05) is 5.75 Å². The number of aryl methyl sites for hydroxylation is 1. The first-order chi connectivity index (χ1) is 9.99. The summed E-state index contributed by atoms with van der Waals surface area (Å²) in [5.41, 5.74) is 0.909. The van der Waals surface area contributed by atoms with Crippen LogP contribution in [0.1, 0.15) is 24.4 Å². The first-order valence-electron chi connectivity index (χ1n) is 6.51. The molecule has 2 rings (SSSR count). The highest BCUT2D eigenvalue weighted by Gasteiger charge is 2.14. The Labute approximate surface area is 133 Å². The van der Waals surface area contributed by atoms with E-state index in [-0.39, 0.29) is 11.9 Å². The molecular weight excluding hydrogens is 308 g/mol. The molecule has 0 saturated heterocycles. The number of nitrogens with one attached hydrogen (secondary N) is 1. The maximum atomic E-state index is 12.0. The van der Waals surface area contributed by atoms with Crippen molar-refractivity contribution in [2.24, 2.45) is 7.05 Å². The summed E-state index contributed by atoms with van der Waals surface area (Å²) in [6, 6.07) is 7.37. The van der Waals surface area contributed by atoms with Crippen LogP contribution in [0.4, 0.5) is 0 Å². The Morgan fingerprint density at radius 3 is 2.76 bits per heavy atom. The Bertz CT molecular complexity index is 644. The number of carbonyl (C=O) groups is 1. The Morgan fingerprint density at radius 1 is 1.43 bits per heavy atom. The topological polar surface area (TPSA) is 59.8 Å². The maximum Gasteiger partial charge on any atom is 0.230 e. The highest BCUT2D eigenvalue weighted by molar-refractivity contribution is 7.99. The Balaban J connectivity index is 1.90. The number of carbonyl (C=O) groups excluding carboxylic acids is 1. The second kappa shape index (κ2) is 6.95. The van der Waals surface area contributed by atoms with Crippen LogP contribution in [0.5, 0.6) is 0 Å². The third kappa shape index (κ3) is 3.98. The summed E-state index contributed by atoms with van der Waals surface area (Å²) in [5, 5.41) is 12.3. The molecule has 1 aromatic carbocycles. The van der Waals surface area contributed by atoms with Gasteiger partial charge in [0.1, 0.15) is 5.82 Å². The molecule has 0 aliphatic rings. The number of benzene rings is 1. The van der Waals surface area contributed by atoms with Gasteiger partial charge in [-0.15, -0.1) is 10.2 Å². The zero-order valence-electron chi connectivity index (χ0n) is 12.1. The molecule has 0 aliphatic heterocycles. The molecule has 1 amide bonds. The highest BCUT2D eigenvalue weighted by atomic mass is 35.5. The molecule has 0 bridgehead atoms. The van der Waals surface area contributed by atoms with Crippen LogP contribution in [0, 0.1) is 6.92 Å². The quantitative estimate of drug-likeness (QED) is 0.859. The molecule has 1 heterocycles. The van der Waals surface area contributed by atoms with E-state index in [9.17, 15) is 4.79 Å². The second-order valence-electron chi connectivity index (χ2n) is 4.69. The molecule has 0 spiro atoms. The van der Waals surface area contributed by atoms with Crippen molar-refractivity contribution < 1.29 is 4.79 Å². The molecule has 0 unspecified atom stereocenters. The van der Waals surface area contributed by atoms with Gasteiger partial charge in [0, 0.05) is 12.1 Å². The van der Waals surface area contributed by atoms with Crippen LogP contribution in [0.2, 0.25) is 5.02 Å². The summed E-state index contributed by atoms with van der Waals surface area (Å²) in [4.78, 5) is 12.0. The van der Waals surface area contributed by atoms with Crippen LogP contribution in [-0.2, 0) is 11.8 Å². The van der Waals surface area contributed by atoms with Crippen molar-refractivity contribution >= 4 is 29.3 Å². The summed E-state index contributed by atoms with van der Waals surface area (Å²) in [6.07, 6.45) is 0. The summed E-state index contributed by atoms with van der Waals surface area (Å²) >= 11 is 7.48. The Kier molecular flexibility index (Phi) is 5.25. The van der Waals surface area contributed by atoms with Gasteiger partial charge in [0.2, 0.25) is 5.91 Å². The predicted molar refractivity (Wildman–Crippen MR) is 84.5 cm³/mol. The van der Waals surface area contributed by atoms with Gasteiger partial charge < -0.3 is 9.88 Å². The summed E-state index contributed by atoms with van der Waals surface area (Å²) < 4.78 is 1.86. The minimum atomic E-state index is -0.131. The number of aromatic nitrogens is 3. The van der Waals surface area contributed by atoms with Crippen LogP contribution < -0.4 is 5.32 Å². The normalized spacial score (nSPS) is 12.2. The molecule has 1 aromatic heterocycles. The Hall–Kier alpha value is -1.53. The second-order valence-corrected chi connectivity index (χ2v) is 6.04. The summed E-state index contributed by atoms with van der Waals surface area (Å²) in [5.74, 6) is 1.05. The zero-order chi connectivity index (χ0) is 15.4. The fraction of sp³-hybridized carbons (Fsp3) is 0.357.